The predicted octanol–water partition coefficient (Wildman–Crippen LogP) is 3.92. The van der Waals surface area contributed by atoms with Crippen molar-refractivity contribution >= 4 is 50.5 Å². The van der Waals surface area contributed by atoms with Crippen molar-refractivity contribution in [2.75, 3.05) is 6.54 Å². The Labute approximate surface area is 144 Å². The van der Waals surface area contributed by atoms with Crippen LogP contribution in [0, 0.1) is 0 Å². The number of hydrogen-bond acceptors (Lipinski definition) is 5. The van der Waals surface area contributed by atoms with Crippen molar-refractivity contribution in [2.24, 2.45) is 0 Å². The topological polar surface area (TPSA) is 46.6 Å². The average Bonchev–Trinajstić information content (AvgIpc) is 3.25. The van der Waals surface area contributed by atoms with Crippen LogP contribution in [0.4, 0.5) is 0 Å². The van der Waals surface area contributed by atoms with Gasteiger partial charge in [-0.2, -0.15) is 0 Å². The Hall–Kier alpha value is -1.18. The second kappa shape index (κ2) is 6.93. The molecular formula is C15H14BrNO3S2. The second-order valence-electron chi connectivity index (χ2n) is 5.00. The van der Waals surface area contributed by atoms with Crippen molar-refractivity contribution in [3.8, 4) is 0 Å². The first-order valence-electron chi connectivity index (χ1n) is 6.89. The standard InChI is InChI=1S/C15H14BrNO3S2/c16-13-7-10(9-22-13)8-20-15(19)11-3-1-5-17(11)14(18)12-4-2-6-21-12/h2,4,6-7,9,11H,1,3,5,8H2/t11-/m0/s1. The number of hydrogen-bond donors (Lipinski definition) is 0. The van der Waals surface area contributed by atoms with E-state index >= 15 is 0 Å². The van der Waals surface area contributed by atoms with Gasteiger partial charge in [0.1, 0.15) is 12.6 Å². The van der Waals surface area contributed by atoms with Gasteiger partial charge in [-0.15, -0.1) is 22.7 Å². The van der Waals surface area contributed by atoms with E-state index in [-0.39, 0.29) is 18.5 Å². The van der Waals surface area contributed by atoms with Gasteiger partial charge in [0.15, 0.2) is 0 Å². The lowest BCUT2D eigenvalue weighted by atomic mass is 10.2. The Morgan fingerprint density at radius 3 is 2.95 bits per heavy atom. The van der Waals surface area contributed by atoms with Gasteiger partial charge >= 0.3 is 5.97 Å². The smallest absolute Gasteiger partial charge is 0.329 e. The Kier molecular flexibility index (Phi) is 4.95. The number of rotatable bonds is 4. The van der Waals surface area contributed by atoms with Crippen LogP contribution < -0.4 is 0 Å². The van der Waals surface area contributed by atoms with E-state index in [9.17, 15) is 9.59 Å². The van der Waals surface area contributed by atoms with Crippen LogP contribution in [-0.4, -0.2) is 29.4 Å². The van der Waals surface area contributed by atoms with Crippen molar-refractivity contribution < 1.29 is 14.3 Å². The van der Waals surface area contributed by atoms with Crippen LogP contribution in [0.3, 0.4) is 0 Å². The van der Waals surface area contributed by atoms with Crippen LogP contribution in [0.1, 0.15) is 28.1 Å². The summed E-state index contributed by atoms with van der Waals surface area (Å²) in [7, 11) is 0. The van der Waals surface area contributed by atoms with Gasteiger partial charge in [-0.05, 0) is 51.7 Å². The zero-order chi connectivity index (χ0) is 15.5. The highest BCUT2D eigenvalue weighted by Crippen LogP contribution is 2.24. The van der Waals surface area contributed by atoms with Crippen LogP contribution in [0.2, 0.25) is 0 Å². The van der Waals surface area contributed by atoms with Gasteiger partial charge in [-0.3, -0.25) is 4.79 Å². The Morgan fingerprint density at radius 1 is 1.41 bits per heavy atom. The largest absolute Gasteiger partial charge is 0.459 e. The molecule has 3 rings (SSSR count). The second-order valence-corrected chi connectivity index (χ2v) is 8.24. The molecule has 4 nitrogen and oxygen atoms in total. The van der Waals surface area contributed by atoms with Crippen LogP contribution in [0.15, 0.2) is 32.7 Å². The third-order valence-corrected chi connectivity index (χ3v) is 5.93. The van der Waals surface area contributed by atoms with Gasteiger partial charge in [0, 0.05) is 12.1 Å². The number of thiophene rings is 2. The molecule has 0 aliphatic carbocycles. The summed E-state index contributed by atoms with van der Waals surface area (Å²) in [5.41, 5.74) is 0.958. The quantitative estimate of drug-likeness (QED) is 0.731. The third-order valence-electron chi connectivity index (χ3n) is 3.52. The van der Waals surface area contributed by atoms with Gasteiger partial charge in [-0.25, -0.2) is 4.79 Å². The van der Waals surface area contributed by atoms with Crippen molar-refractivity contribution in [3.05, 3.63) is 43.2 Å². The first-order valence-corrected chi connectivity index (χ1v) is 9.44. The molecule has 0 bridgehead atoms. The van der Waals surface area contributed by atoms with Crippen LogP contribution in [0.25, 0.3) is 0 Å². The fourth-order valence-corrected chi connectivity index (χ4v) is 4.34. The summed E-state index contributed by atoms with van der Waals surface area (Å²) in [6.07, 6.45) is 1.50. The van der Waals surface area contributed by atoms with E-state index in [1.807, 2.05) is 22.9 Å². The molecule has 1 amide bonds. The summed E-state index contributed by atoms with van der Waals surface area (Å²) < 4.78 is 6.39. The average molecular weight is 400 g/mol. The lowest BCUT2D eigenvalue weighted by Crippen LogP contribution is -2.41. The molecule has 0 saturated carbocycles. The number of likely N-dealkylation sites (tertiary alicyclic amines) is 1. The predicted molar refractivity (Wildman–Crippen MR) is 90.2 cm³/mol. The van der Waals surface area contributed by atoms with Gasteiger partial charge < -0.3 is 9.64 Å². The van der Waals surface area contributed by atoms with Gasteiger partial charge in [0.2, 0.25) is 0 Å². The van der Waals surface area contributed by atoms with Crippen molar-refractivity contribution in [3.63, 3.8) is 0 Å². The first kappa shape index (κ1) is 15.7. The summed E-state index contributed by atoms with van der Waals surface area (Å²) in [4.78, 5) is 27.0. The number of amides is 1. The molecule has 1 fully saturated rings. The first-order chi connectivity index (χ1) is 10.6. The highest BCUT2D eigenvalue weighted by molar-refractivity contribution is 9.11. The maximum absolute atomic E-state index is 12.4. The fraction of sp³-hybridized carbons (Fsp3) is 0.333. The number of carbonyl (C=O) groups is 2. The molecule has 0 unspecified atom stereocenters. The molecular weight excluding hydrogens is 386 g/mol. The molecule has 22 heavy (non-hydrogen) atoms. The third kappa shape index (κ3) is 3.42. The molecule has 1 saturated heterocycles. The van der Waals surface area contributed by atoms with Gasteiger partial charge in [0.05, 0.1) is 8.66 Å². The zero-order valence-corrected chi connectivity index (χ0v) is 14.9. The van der Waals surface area contributed by atoms with E-state index in [2.05, 4.69) is 15.9 Å². The number of nitrogens with zero attached hydrogens (tertiary/aromatic N) is 1. The molecule has 1 aliphatic rings. The Bertz CT molecular complexity index is 668. The normalized spacial score (nSPS) is 17.7. The molecule has 0 aromatic carbocycles. The van der Waals surface area contributed by atoms with Crippen molar-refractivity contribution in [1.29, 1.82) is 0 Å². The van der Waals surface area contributed by atoms with Crippen LogP contribution in [0.5, 0.6) is 0 Å². The summed E-state index contributed by atoms with van der Waals surface area (Å²) in [6.45, 7) is 0.860. The van der Waals surface area contributed by atoms with E-state index in [1.165, 1.54) is 11.3 Å². The number of halogens is 1. The Balaban J connectivity index is 1.62. The van der Waals surface area contributed by atoms with Crippen LogP contribution in [-0.2, 0) is 16.1 Å². The lowest BCUT2D eigenvalue weighted by Gasteiger charge is -2.22. The summed E-state index contributed by atoms with van der Waals surface area (Å²) in [6, 6.07) is 5.10. The molecule has 7 heteroatoms. The highest BCUT2D eigenvalue weighted by atomic mass is 79.9. The zero-order valence-electron chi connectivity index (χ0n) is 11.7. The minimum absolute atomic E-state index is 0.0762. The van der Waals surface area contributed by atoms with E-state index in [1.54, 1.807) is 22.3 Å². The van der Waals surface area contributed by atoms with Crippen molar-refractivity contribution in [1.82, 2.24) is 4.90 Å². The molecule has 0 N–H and O–H groups in total. The summed E-state index contributed by atoms with van der Waals surface area (Å²) in [5.74, 6) is -0.391. The van der Waals surface area contributed by atoms with Gasteiger partial charge in [-0.1, -0.05) is 6.07 Å². The molecule has 1 atom stereocenters. The molecule has 3 heterocycles. The molecule has 1 aliphatic heterocycles. The Morgan fingerprint density at radius 2 is 2.27 bits per heavy atom. The molecule has 0 spiro atoms. The molecule has 2 aromatic heterocycles. The lowest BCUT2D eigenvalue weighted by molar-refractivity contribution is -0.149. The highest BCUT2D eigenvalue weighted by Gasteiger charge is 2.35. The number of esters is 1. The number of carbonyl (C=O) groups excluding carboxylic acids is 2. The summed E-state index contributed by atoms with van der Waals surface area (Å²) in [5, 5.41) is 3.81. The summed E-state index contributed by atoms with van der Waals surface area (Å²) >= 11 is 6.33. The minimum Gasteiger partial charge on any atom is -0.459 e. The van der Waals surface area contributed by atoms with E-state index in [0.29, 0.717) is 17.8 Å². The molecule has 0 radical (unpaired) electrons. The van der Waals surface area contributed by atoms with E-state index < -0.39 is 6.04 Å². The maximum Gasteiger partial charge on any atom is 0.329 e. The fourth-order valence-electron chi connectivity index (χ4n) is 2.47. The molecule has 2 aromatic rings. The number of ether oxygens (including phenoxy) is 1. The van der Waals surface area contributed by atoms with E-state index in [4.69, 9.17) is 4.74 Å². The SMILES string of the molecule is O=C(OCc1csc(Br)c1)[C@@H]1CCCN1C(=O)c1cccs1. The maximum atomic E-state index is 12.4. The monoisotopic (exact) mass is 399 g/mol. The van der Waals surface area contributed by atoms with E-state index in [0.717, 1.165) is 15.8 Å². The van der Waals surface area contributed by atoms with Crippen LogP contribution >= 0.6 is 38.6 Å². The van der Waals surface area contributed by atoms with Gasteiger partial charge in [0.25, 0.3) is 5.91 Å². The molecule has 116 valence electrons. The minimum atomic E-state index is -0.461. The van der Waals surface area contributed by atoms with Crippen molar-refractivity contribution in [2.45, 2.75) is 25.5 Å².